The van der Waals surface area contributed by atoms with E-state index in [4.69, 9.17) is 11.6 Å². The third kappa shape index (κ3) is 3.90. The normalized spacial score (nSPS) is 11.0. The predicted octanol–water partition coefficient (Wildman–Crippen LogP) is 4.07. The number of H-pyrrole nitrogens is 1. The molecule has 2 aromatic carbocycles. The fraction of sp³-hybridized carbons (Fsp3) is 0.176. The number of aromatic nitrogens is 3. The van der Waals surface area contributed by atoms with E-state index in [0.29, 0.717) is 17.5 Å². The summed E-state index contributed by atoms with van der Waals surface area (Å²) >= 11 is 5.76. The van der Waals surface area contributed by atoms with Gasteiger partial charge in [0.15, 0.2) is 5.82 Å². The van der Waals surface area contributed by atoms with Gasteiger partial charge in [0.25, 0.3) is 0 Å². The van der Waals surface area contributed by atoms with Crippen LogP contribution in [0.3, 0.4) is 0 Å². The lowest BCUT2D eigenvalue weighted by atomic mass is 10.1. The number of hydrogen-bond acceptors (Lipinski definition) is 4. The van der Waals surface area contributed by atoms with Crippen LogP contribution >= 0.6 is 11.6 Å². The molecular weight excluding hydrogens is 329 g/mol. The molecule has 2 N–H and O–H groups in total. The molecule has 0 bridgehead atoms. The summed E-state index contributed by atoms with van der Waals surface area (Å²) in [4.78, 5) is 6.50. The lowest BCUT2D eigenvalue weighted by Crippen LogP contribution is -2.10. The molecule has 0 saturated carbocycles. The third-order valence-corrected chi connectivity index (χ3v) is 3.68. The number of rotatable bonds is 5. The van der Waals surface area contributed by atoms with Crippen molar-refractivity contribution in [1.82, 2.24) is 20.1 Å². The van der Waals surface area contributed by atoms with E-state index in [1.807, 2.05) is 26.2 Å². The van der Waals surface area contributed by atoms with Crippen LogP contribution in [0.1, 0.15) is 5.56 Å². The molecule has 0 aliphatic carbocycles. The minimum Gasteiger partial charge on any atom is -0.323 e. The van der Waals surface area contributed by atoms with Gasteiger partial charge in [-0.2, -0.15) is 4.98 Å². The first kappa shape index (κ1) is 16.4. The van der Waals surface area contributed by atoms with Gasteiger partial charge >= 0.3 is 0 Å². The molecule has 0 fully saturated rings. The van der Waals surface area contributed by atoms with Gasteiger partial charge in [-0.1, -0.05) is 35.9 Å². The number of hydrogen-bond donors (Lipinski definition) is 2. The van der Waals surface area contributed by atoms with Gasteiger partial charge in [-0.3, -0.25) is 5.10 Å². The summed E-state index contributed by atoms with van der Waals surface area (Å²) in [6.07, 6.45) is 0. The number of halogens is 2. The molecule has 5 nitrogen and oxygen atoms in total. The predicted molar refractivity (Wildman–Crippen MR) is 93.9 cm³/mol. The van der Waals surface area contributed by atoms with Crippen LogP contribution in [0.2, 0.25) is 5.02 Å². The number of anilines is 2. The smallest absolute Gasteiger partial charge is 0.246 e. The largest absolute Gasteiger partial charge is 0.323 e. The molecule has 7 heteroatoms. The zero-order chi connectivity index (χ0) is 17.1. The molecule has 0 atom stereocenters. The van der Waals surface area contributed by atoms with Crippen molar-refractivity contribution in [1.29, 1.82) is 0 Å². The standard InChI is InChI=1S/C17H17ClFN5/c1-24(2)10-11-3-5-12(6-4-11)16-21-17(23-22-16)20-13-7-8-15(19)14(18)9-13/h3-9H,10H2,1-2H3,(H2,20,21,22,23). The average molecular weight is 346 g/mol. The van der Waals surface area contributed by atoms with E-state index in [-0.39, 0.29) is 5.02 Å². The Bertz CT molecular complexity index is 829. The van der Waals surface area contributed by atoms with Crippen molar-refractivity contribution in [3.8, 4) is 11.4 Å². The Morgan fingerprint density at radius 2 is 1.92 bits per heavy atom. The Balaban J connectivity index is 1.74. The summed E-state index contributed by atoms with van der Waals surface area (Å²) in [7, 11) is 4.06. The molecular formula is C17H17ClFN5. The third-order valence-electron chi connectivity index (χ3n) is 3.39. The van der Waals surface area contributed by atoms with Crippen LogP contribution < -0.4 is 5.32 Å². The van der Waals surface area contributed by atoms with Crippen molar-refractivity contribution in [3.05, 3.63) is 58.9 Å². The van der Waals surface area contributed by atoms with Crippen molar-refractivity contribution < 1.29 is 4.39 Å². The van der Waals surface area contributed by atoms with E-state index in [0.717, 1.165) is 12.1 Å². The highest BCUT2D eigenvalue weighted by Crippen LogP contribution is 2.23. The number of nitrogens with zero attached hydrogens (tertiary/aromatic N) is 3. The molecule has 0 saturated heterocycles. The molecule has 1 heterocycles. The second-order valence-electron chi connectivity index (χ2n) is 5.70. The van der Waals surface area contributed by atoms with Gasteiger partial charge in [0, 0.05) is 17.8 Å². The van der Waals surface area contributed by atoms with Gasteiger partial charge in [0.1, 0.15) is 5.82 Å². The molecule has 0 radical (unpaired) electrons. The van der Waals surface area contributed by atoms with Crippen LogP contribution in [-0.2, 0) is 6.54 Å². The zero-order valence-electron chi connectivity index (χ0n) is 13.3. The Hall–Kier alpha value is -2.44. The maximum Gasteiger partial charge on any atom is 0.246 e. The van der Waals surface area contributed by atoms with Gasteiger partial charge in [0.2, 0.25) is 5.95 Å². The first-order valence-electron chi connectivity index (χ1n) is 7.40. The molecule has 0 spiro atoms. The number of nitrogens with one attached hydrogen (secondary N) is 2. The summed E-state index contributed by atoms with van der Waals surface area (Å²) in [6.45, 7) is 0.884. The maximum absolute atomic E-state index is 13.2. The molecule has 3 rings (SSSR count). The highest BCUT2D eigenvalue weighted by Gasteiger charge is 2.07. The fourth-order valence-corrected chi connectivity index (χ4v) is 2.46. The second kappa shape index (κ2) is 6.98. The summed E-state index contributed by atoms with van der Waals surface area (Å²) in [5.41, 5.74) is 2.78. The second-order valence-corrected chi connectivity index (χ2v) is 6.10. The summed E-state index contributed by atoms with van der Waals surface area (Å²) in [5, 5.41) is 10.0. The van der Waals surface area contributed by atoms with Crippen molar-refractivity contribution in [3.63, 3.8) is 0 Å². The molecule has 0 amide bonds. The Labute approximate surface area is 144 Å². The Morgan fingerprint density at radius 1 is 1.17 bits per heavy atom. The molecule has 1 aromatic heterocycles. The minimum absolute atomic E-state index is 0.0484. The molecule has 124 valence electrons. The van der Waals surface area contributed by atoms with E-state index in [2.05, 4.69) is 37.5 Å². The molecule has 0 aliphatic heterocycles. The van der Waals surface area contributed by atoms with Gasteiger partial charge in [-0.05, 0) is 37.9 Å². The van der Waals surface area contributed by atoms with Crippen molar-refractivity contribution in [2.45, 2.75) is 6.54 Å². The van der Waals surface area contributed by atoms with E-state index in [9.17, 15) is 4.39 Å². The minimum atomic E-state index is -0.462. The van der Waals surface area contributed by atoms with E-state index in [1.54, 1.807) is 6.07 Å². The molecule has 0 unspecified atom stereocenters. The van der Waals surface area contributed by atoms with Crippen molar-refractivity contribution in [2.75, 3.05) is 19.4 Å². The number of benzene rings is 2. The molecule has 3 aromatic rings. The van der Waals surface area contributed by atoms with E-state index in [1.165, 1.54) is 17.7 Å². The van der Waals surface area contributed by atoms with Gasteiger partial charge in [-0.25, -0.2) is 4.39 Å². The van der Waals surface area contributed by atoms with Crippen molar-refractivity contribution >= 4 is 23.2 Å². The van der Waals surface area contributed by atoms with E-state index < -0.39 is 5.82 Å². The monoisotopic (exact) mass is 345 g/mol. The van der Waals surface area contributed by atoms with Crippen LogP contribution in [0, 0.1) is 5.82 Å². The highest BCUT2D eigenvalue weighted by molar-refractivity contribution is 6.31. The van der Waals surface area contributed by atoms with Crippen LogP contribution in [0.4, 0.5) is 16.0 Å². The first-order chi connectivity index (χ1) is 11.5. The maximum atomic E-state index is 13.2. The van der Waals surface area contributed by atoms with Crippen LogP contribution in [0.25, 0.3) is 11.4 Å². The van der Waals surface area contributed by atoms with Crippen molar-refractivity contribution in [2.24, 2.45) is 0 Å². The van der Waals surface area contributed by atoms with Crippen LogP contribution in [-0.4, -0.2) is 34.2 Å². The summed E-state index contributed by atoms with van der Waals surface area (Å²) in [5.74, 6) is 0.586. The highest BCUT2D eigenvalue weighted by atomic mass is 35.5. The van der Waals surface area contributed by atoms with Crippen LogP contribution in [0.5, 0.6) is 0 Å². The SMILES string of the molecule is CN(C)Cc1ccc(-c2nc(Nc3ccc(F)c(Cl)c3)n[nH]2)cc1. The first-order valence-corrected chi connectivity index (χ1v) is 7.77. The molecule has 0 aliphatic rings. The Morgan fingerprint density at radius 3 is 2.58 bits per heavy atom. The average Bonchev–Trinajstić information content (AvgIpc) is 3.00. The Kier molecular flexibility index (Phi) is 4.78. The summed E-state index contributed by atoms with van der Waals surface area (Å²) < 4.78 is 13.2. The quantitative estimate of drug-likeness (QED) is 0.732. The van der Waals surface area contributed by atoms with Gasteiger partial charge in [-0.15, -0.1) is 5.10 Å². The van der Waals surface area contributed by atoms with Gasteiger partial charge < -0.3 is 10.2 Å². The lowest BCUT2D eigenvalue weighted by Gasteiger charge is -2.09. The zero-order valence-corrected chi connectivity index (χ0v) is 14.1. The van der Waals surface area contributed by atoms with Crippen LogP contribution in [0.15, 0.2) is 42.5 Å². The van der Waals surface area contributed by atoms with E-state index >= 15 is 0 Å². The lowest BCUT2D eigenvalue weighted by molar-refractivity contribution is 0.402. The number of aromatic amines is 1. The van der Waals surface area contributed by atoms with Gasteiger partial charge in [0.05, 0.1) is 5.02 Å². The fourth-order valence-electron chi connectivity index (χ4n) is 2.28. The summed E-state index contributed by atoms with van der Waals surface area (Å²) in [6, 6.07) is 12.5. The topological polar surface area (TPSA) is 56.8 Å². The molecule has 24 heavy (non-hydrogen) atoms.